The van der Waals surface area contributed by atoms with Gasteiger partial charge in [0.25, 0.3) is 0 Å². The molecule has 1 aromatic carbocycles. The molecule has 2 aromatic rings. The summed E-state index contributed by atoms with van der Waals surface area (Å²) in [6, 6.07) is 6.10. The zero-order valence-corrected chi connectivity index (χ0v) is 9.58. The molecule has 0 N–H and O–H groups in total. The van der Waals surface area contributed by atoms with E-state index in [1.165, 1.54) is 0 Å². The van der Waals surface area contributed by atoms with Gasteiger partial charge in [0.15, 0.2) is 0 Å². The van der Waals surface area contributed by atoms with Gasteiger partial charge in [0, 0.05) is 9.86 Å². The normalized spacial score (nSPS) is 10.7. The highest BCUT2D eigenvalue weighted by Crippen LogP contribution is 2.23. The number of rotatable bonds is 2. The molecular weight excluding hydrogens is 240 g/mol. The molecule has 0 radical (unpaired) electrons. The third-order valence-electron chi connectivity index (χ3n) is 2.18. The maximum atomic E-state index is 4.31. The van der Waals surface area contributed by atoms with Crippen LogP contribution >= 0.6 is 15.9 Å². The maximum Gasteiger partial charge on any atom is 0.116 e. The SMILES string of the molecule is CCCc1ncnc2c(Br)cccc12. The Bertz CT molecular complexity index is 454. The molecule has 0 atom stereocenters. The van der Waals surface area contributed by atoms with Crippen molar-refractivity contribution in [2.24, 2.45) is 0 Å². The number of hydrogen-bond donors (Lipinski definition) is 0. The Labute approximate surface area is 91.5 Å². The monoisotopic (exact) mass is 250 g/mol. The van der Waals surface area contributed by atoms with Crippen molar-refractivity contribution in [3.63, 3.8) is 0 Å². The molecule has 0 spiro atoms. The Morgan fingerprint density at radius 1 is 1.29 bits per heavy atom. The summed E-state index contributed by atoms with van der Waals surface area (Å²) in [6.45, 7) is 2.16. The summed E-state index contributed by atoms with van der Waals surface area (Å²) >= 11 is 3.49. The zero-order chi connectivity index (χ0) is 9.97. The van der Waals surface area contributed by atoms with Gasteiger partial charge in [-0.15, -0.1) is 0 Å². The lowest BCUT2D eigenvalue weighted by atomic mass is 10.1. The van der Waals surface area contributed by atoms with Crippen LogP contribution in [-0.2, 0) is 6.42 Å². The molecule has 1 heterocycles. The summed E-state index contributed by atoms with van der Waals surface area (Å²) in [5, 5.41) is 1.16. The number of aryl methyl sites for hydroxylation is 1. The van der Waals surface area contributed by atoms with E-state index in [0.717, 1.165) is 33.9 Å². The van der Waals surface area contributed by atoms with Gasteiger partial charge in [-0.2, -0.15) is 0 Å². The molecule has 0 aliphatic carbocycles. The maximum absolute atomic E-state index is 4.31. The van der Waals surface area contributed by atoms with Gasteiger partial charge in [-0.1, -0.05) is 25.5 Å². The van der Waals surface area contributed by atoms with Gasteiger partial charge in [0.05, 0.1) is 11.2 Å². The lowest BCUT2D eigenvalue weighted by Crippen LogP contribution is -1.93. The highest BCUT2D eigenvalue weighted by molar-refractivity contribution is 9.10. The largest absolute Gasteiger partial charge is 0.241 e. The molecule has 0 unspecified atom stereocenters. The zero-order valence-electron chi connectivity index (χ0n) is 8.00. The van der Waals surface area contributed by atoms with E-state index in [2.05, 4.69) is 38.9 Å². The molecule has 2 rings (SSSR count). The molecule has 14 heavy (non-hydrogen) atoms. The number of halogens is 1. The second kappa shape index (κ2) is 4.05. The van der Waals surface area contributed by atoms with Crippen molar-refractivity contribution >= 4 is 26.8 Å². The lowest BCUT2D eigenvalue weighted by Gasteiger charge is -2.04. The van der Waals surface area contributed by atoms with Crippen LogP contribution in [0.15, 0.2) is 29.0 Å². The highest BCUT2D eigenvalue weighted by Gasteiger charge is 2.04. The first-order valence-corrected chi connectivity index (χ1v) is 5.50. The molecule has 1 aromatic heterocycles. The van der Waals surface area contributed by atoms with Crippen LogP contribution in [0.2, 0.25) is 0 Å². The lowest BCUT2D eigenvalue weighted by molar-refractivity contribution is 0.886. The predicted octanol–water partition coefficient (Wildman–Crippen LogP) is 3.34. The fourth-order valence-electron chi connectivity index (χ4n) is 1.54. The summed E-state index contributed by atoms with van der Waals surface area (Å²) < 4.78 is 1.04. The quantitative estimate of drug-likeness (QED) is 0.817. The Balaban J connectivity index is 2.68. The Kier molecular flexibility index (Phi) is 2.77. The molecular formula is C11H11BrN2. The molecule has 0 saturated carbocycles. The standard InChI is InChI=1S/C11H11BrN2/c1-2-4-10-8-5-3-6-9(12)11(8)14-7-13-10/h3,5-7H,2,4H2,1H3. The molecule has 0 aliphatic heterocycles. The highest BCUT2D eigenvalue weighted by atomic mass is 79.9. The molecule has 0 saturated heterocycles. The van der Waals surface area contributed by atoms with Crippen LogP contribution in [0.25, 0.3) is 10.9 Å². The van der Waals surface area contributed by atoms with Crippen molar-refractivity contribution in [3.05, 3.63) is 34.7 Å². The van der Waals surface area contributed by atoms with Crippen molar-refractivity contribution in [1.82, 2.24) is 9.97 Å². The minimum Gasteiger partial charge on any atom is -0.241 e. The Morgan fingerprint density at radius 2 is 2.14 bits per heavy atom. The van der Waals surface area contributed by atoms with Crippen LogP contribution in [-0.4, -0.2) is 9.97 Å². The second-order valence-electron chi connectivity index (χ2n) is 3.21. The summed E-state index contributed by atoms with van der Waals surface area (Å²) in [6.07, 6.45) is 3.76. The van der Waals surface area contributed by atoms with E-state index in [-0.39, 0.29) is 0 Å². The number of aromatic nitrogens is 2. The fraction of sp³-hybridized carbons (Fsp3) is 0.273. The number of fused-ring (bicyclic) bond motifs is 1. The van der Waals surface area contributed by atoms with E-state index in [1.54, 1.807) is 6.33 Å². The smallest absolute Gasteiger partial charge is 0.116 e. The van der Waals surface area contributed by atoms with Crippen LogP contribution in [0.5, 0.6) is 0 Å². The van der Waals surface area contributed by atoms with Crippen molar-refractivity contribution in [3.8, 4) is 0 Å². The van der Waals surface area contributed by atoms with Gasteiger partial charge < -0.3 is 0 Å². The van der Waals surface area contributed by atoms with Gasteiger partial charge >= 0.3 is 0 Å². The van der Waals surface area contributed by atoms with Gasteiger partial charge in [-0.3, -0.25) is 0 Å². The first-order chi connectivity index (χ1) is 6.83. The fourth-order valence-corrected chi connectivity index (χ4v) is 2.01. The minimum atomic E-state index is 1.01. The molecule has 0 fully saturated rings. The van der Waals surface area contributed by atoms with Gasteiger partial charge in [-0.05, 0) is 28.4 Å². The summed E-state index contributed by atoms with van der Waals surface area (Å²) in [7, 11) is 0. The van der Waals surface area contributed by atoms with Gasteiger partial charge in [0.1, 0.15) is 6.33 Å². The van der Waals surface area contributed by atoms with Crippen LogP contribution in [0.1, 0.15) is 19.0 Å². The van der Waals surface area contributed by atoms with Gasteiger partial charge in [-0.25, -0.2) is 9.97 Å². The molecule has 2 nitrogen and oxygen atoms in total. The number of benzene rings is 1. The third kappa shape index (κ3) is 1.64. The van der Waals surface area contributed by atoms with E-state index >= 15 is 0 Å². The third-order valence-corrected chi connectivity index (χ3v) is 2.82. The first-order valence-electron chi connectivity index (χ1n) is 4.71. The molecule has 0 aliphatic rings. The first kappa shape index (κ1) is 9.59. The molecule has 0 bridgehead atoms. The summed E-state index contributed by atoms with van der Waals surface area (Å²) in [4.78, 5) is 8.57. The van der Waals surface area contributed by atoms with Crippen molar-refractivity contribution < 1.29 is 0 Å². The Morgan fingerprint density at radius 3 is 2.93 bits per heavy atom. The van der Waals surface area contributed by atoms with Crippen LogP contribution < -0.4 is 0 Å². The van der Waals surface area contributed by atoms with E-state index in [4.69, 9.17) is 0 Å². The molecule has 72 valence electrons. The topological polar surface area (TPSA) is 25.8 Å². The van der Waals surface area contributed by atoms with Crippen LogP contribution in [0, 0.1) is 0 Å². The van der Waals surface area contributed by atoms with E-state index in [9.17, 15) is 0 Å². The van der Waals surface area contributed by atoms with Crippen molar-refractivity contribution in [2.45, 2.75) is 19.8 Å². The van der Waals surface area contributed by atoms with Gasteiger partial charge in [0.2, 0.25) is 0 Å². The average molecular weight is 251 g/mol. The summed E-state index contributed by atoms with van der Waals surface area (Å²) in [5.41, 5.74) is 2.14. The predicted molar refractivity (Wildman–Crippen MR) is 61.2 cm³/mol. The van der Waals surface area contributed by atoms with E-state index < -0.39 is 0 Å². The average Bonchev–Trinajstić information content (AvgIpc) is 2.20. The van der Waals surface area contributed by atoms with Crippen LogP contribution in [0.3, 0.4) is 0 Å². The number of nitrogens with zero attached hydrogens (tertiary/aromatic N) is 2. The molecule has 0 amide bonds. The minimum absolute atomic E-state index is 1.01. The summed E-state index contributed by atoms with van der Waals surface area (Å²) in [5.74, 6) is 0. The van der Waals surface area contributed by atoms with E-state index in [1.807, 2.05) is 12.1 Å². The van der Waals surface area contributed by atoms with Crippen LogP contribution in [0.4, 0.5) is 0 Å². The Hall–Kier alpha value is -0.960. The number of para-hydroxylation sites is 1. The second-order valence-corrected chi connectivity index (χ2v) is 4.06. The van der Waals surface area contributed by atoms with Crippen molar-refractivity contribution in [2.75, 3.05) is 0 Å². The number of hydrogen-bond acceptors (Lipinski definition) is 2. The molecule has 3 heteroatoms. The van der Waals surface area contributed by atoms with Crippen molar-refractivity contribution in [1.29, 1.82) is 0 Å². The van der Waals surface area contributed by atoms with E-state index in [0.29, 0.717) is 0 Å².